The van der Waals surface area contributed by atoms with Crippen LogP contribution < -0.4 is 10.2 Å². The maximum atomic E-state index is 10.7. The monoisotopic (exact) mass is 949 g/mol. The van der Waals surface area contributed by atoms with Crippen LogP contribution in [0.25, 0.3) is 0 Å². The molecule has 2 aromatic rings. The smallest absolute Gasteiger partial charge is 0.550 e. The van der Waals surface area contributed by atoms with Crippen molar-refractivity contribution in [2.45, 2.75) is 231 Å². The zero-order chi connectivity index (χ0) is 42.3. The zero-order valence-corrected chi connectivity index (χ0v) is 41.8. The van der Waals surface area contributed by atoms with E-state index in [1.54, 1.807) is 0 Å². The maximum absolute atomic E-state index is 10.7. The molecule has 0 saturated heterocycles. The summed E-state index contributed by atoms with van der Waals surface area (Å²) in [7, 11) is 0. The van der Waals surface area contributed by atoms with Crippen LogP contribution in [-0.2, 0) is 32.3 Å². The van der Waals surface area contributed by atoms with Crippen molar-refractivity contribution in [3.63, 3.8) is 0 Å². The number of unbranched alkanes of at least 4 members (excludes halogenated alkanes) is 20. The van der Waals surface area contributed by atoms with Gasteiger partial charge in [0.15, 0.2) is 0 Å². The first kappa shape index (κ1) is 57.8. The molecule has 2 aromatic carbocycles. The molecule has 0 aliphatic rings. The van der Waals surface area contributed by atoms with E-state index < -0.39 is 24.1 Å². The Bertz CT molecular complexity index is 1110. The summed E-state index contributed by atoms with van der Waals surface area (Å²) in [4.78, 5) is 21.4. The van der Waals surface area contributed by atoms with Crippen LogP contribution in [0.4, 0.5) is 0 Å². The SMILES string of the molecule is CCCCCCCCCCCCCC(OCc1ccccc1)C(O)CCC(=O)[O-].CCCCCCCCCCCCCC(OCc1ccccc1)C(O)CCC(=O)[O-].[Ba+2]. The molecule has 0 aromatic heterocycles. The molecule has 0 aliphatic carbocycles. The third-order valence-electron chi connectivity index (χ3n) is 10.9. The van der Waals surface area contributed by atoms with Gasteiger partial charge < -0.3 is 39.5 Å². The third kappa shape index (κ3) is 36.0. The Morgan fingerprint density at radius 3 is 1.00 bits per heavy atom. The quantitative estimate of drug-likeness (QED) is 0.0501. The summed E-state index contributed by atoms with van der Waals surface area (Å²) in [5.74, 6) is -2.25. The van der Waals surface area contributed by atoms with E-state index in [0.29, 0.717) is 13.2 Å². The van der Waals surface area contributed by atoms with Gasteiger partial charge >= 0.3 is 48.9 Å². The number of aliphatic hydroxyl groups is 2. The Morgan fingerprint density at radius 2 is 0.729 bits per heavy atom. The summed E-state index contributed by atoms with van der Waals surface area (Å²) >= 11 is 0. The van der Waals surface area contributed by atoms with Crippen molar-refractivity contribution in [2.24, 2.45) is 0 Å². The topological polar surface area (TPSA) is 139 Å². The molecular formula is C50H82BaO8. The number of benzene rings is 2. The molecular weight excluding hydrogens is 866 g/mol. The minimum Gasteiger partial charge on any atom is -0.550 e. The number of aliphatic carboxylic acids is 2. The Balaban J connectivity index is 0.00000112. The molecule has 332 valence electrons. The Kier molecular flexibility index (Phi) is 41.2. The average Bonchev–Trinajstić information content (AvgIpc) is 3.23. The van der Waals surface area contributed by atoms with Crippen LogP contribution in [0, 0.1) is 0 Å². The fraction of sp³-hybridized carbons (Fsp3) is 0.720. The van der Waals surface area contributed by atoms with Gasteiger partial charge in [-0.15, -0.1) is 0 Å². The normalized spacial score (nSPS) is 13.1. The van der Waals surface area contributed by atoms with Crippen LogP contribution in [0.3, 0.4) is 0 Å². The maximum Gasteiger partial charge on any atom is 2.00 e. The minimum atomic E-state index is -1.12. The van der Waals surface area contributed by atoms with Gasteiger partial charge in [0.2, 0.25) is 0 Å². The predicted molar refractivity (Wildman–Crippen MR) is 238 cm³/mol. The van der Waals surface area contributed by atoms with E-state index in [-0.39, 0.29) is 86.8 Å². The Morgan fingerprint density at radius 1 is 0.458 bits per heavy atom. The van der Waals surface area contributed by atoms with E-state index in [1.807, 2.05) is 60.7 Å². The molecule has 0 spiro atoms. The van der Waals surface area contributed by atoms with Crippen molar-refractivity contribution in [1.29, 1.82) is 0 Å². The second kappa shape index (κ2) is 42.1. The summed E-state index contributed by atoms with van der Waals surface area (Å²) in [6.45, 7) is 5.37. The molecule has 8 nitrogen and oxygen atoms in total. The van der Waals surface area contributed by atoms with Gasteiger partial charge in [0.25, 0.3) is 0 Å². The summed E-state index contributed by atoms with van der Waals surface area (Å²) in [6, 6.07) is 19.7. The fourth-order valence-electron chi connectivity index (χ4n) is 7.25. The molecule has 0 radical (unpaired) electrons. The van der Waals surface area contributed by atoms with Crippen molar-refractivity contribution in [3.05, 3.63) is 71.8 Å². The molecule has 0 bridgehead atoms. The second-order valence-electron chi connectivity index (χ2n) is 16.3. The molecule has 9 heteroatoms. The standard InChI is InChI=1S/2C25H42O4.Ba/c2*1-2-3-4-5-6-7-8-9-10-11-15-18-24(23(26)19-20-25(27)28)29-21-22-16-13-12-14-17-22;/h2*12-14,16-17,23-24,26H,2-11,15,18-21H2,1H3,(H,27,28);/q;;+2/p-2. The average molecular weight is 949 g/mol. The number of rotatable bonds is 38. The number of ether oxygens (including phenoxy) is 2. The second-order valence-corrected chi connectivity index (χ2v) is 16.3. The number of carbonyl (C=O) groups is 2. The Labute approximate surface area is 400 Å². The van der Waals surface area contributed by atoms with Crippen molar-refractivity contribution < 1.29 is 39.5 Å². The van der Waals surface area contributed by atoms with Crippen molar-refractivity contribution in [1.82, 2.24) is 0 Å². The summed E-state index contributed by atoms with van der Waals surface area (Å²) < 4.78 is 11.9. The van der Waals surface area contributed by atoms with Gasteiger partial charge in [0, 0.05) is 11.9 Å². The van der Waals surface area contributed by atoms with Gasteiger partial charge in [0.1, 0.15) is 0 Å². The van der Waals surface area contributed by atoms with Crippen LogP contribution in [-0.4, -0.2) is 95.4 Å². The molecule has 59 heavy (non-hydrogen) atoms. The molecule has 4 atom stereocenters. The fourth-order valence-corrected chi connectivity index (χ4v) is 7.25. The minimum absolute atomic E-state index is 0. The van der Waals surface area contributed by atoms with Gasteiger partial charge in [-0.1, -0.05) is 216 Å². The van der Waals surface area contributed by atoms with Crippen LogP contribution in [0.2, 0.25) is 0 Å². The number of hydrogen-bond acceptors (Lipinski definition) is 8. The van der Waals surface area contributed by atoms with E-state index in [0.717, 1.165) is 49.7 Å². The number of carboxylic acids is 2. The number of carboxylic acid groups (broad SMARTS) is 2. The van der Waals surface area contributed by atoms with Gasteiger partial charge in [0.05, 0.1) is 37.6 Å². The summed E-state index contributed by atoms with van der Waals surface area (Å²) in [6.07, 6.45) is 27.5. The molecule has 0 saturated carbocycles. The van der Waals surface area contributed by atoms with Crippen molar-refractivity contribution in [3.8, 4) is 0 Å². The summed E-state index contributed by atoms with van der Waals surface area (Å²) in [5.41, 5.74) is 2.12. The first-order valence-corrected chi connectivity index (χ1v) is 23.3. The number of aliphatic hydroxyl groups excluding tert-OH is 2. The van der Waals surface area contributed by atoms with Crippen LogP contribution in [0.1, 0.15) is 205 Å². The molecule has 0 heterocycles. The molecule has 0 aliphatic heterocycles. The van der Waals surface area contributed by atoms with Gasteiger partial charge in [-0.3, -0.25) is 0 Å². The van der Waals surface area contributed by atoms with Crippen LogP contribution >= 0.6 is 0 Å². The zero-order valence-electron chi connectivity index (χ0n) is 37.3. The van der Waals surface area contributed by atoms with E-state index in [4.69, 9.17) is 9.47 Å². The number of carbonyl (C=O) groups excluding carboxylic acids is 2. The molecule has 0 amide bonds. The van der Waals surface area contributed by atoms with Crippen molar-refractivity contribution >= 4 is 60.8 Å². The number of hydrogen-bond donors (Lipinski definition) is 2. The van der Waals surface area contributed by atoms with E-state index >= 15 is 0 Å². The molecule has 2 rings (SSSR count). The predicted octanol–water partition coefficient (Wildman–Crippen LogP) is 9.95. The first-order chi connectivity index (χ1) is 28.3. The van der Waals surface area contributed by atoms with Crippen molar-refractivity contribution in [2.75, 3.05) is 0 Å². The molecule has 0 fully saturated rings. The van der Waals surface area contributed by atoms with E-state index in [9.17, 15) is 30.0 Å². The van der Waals surface area contributed by atoms with E-state index in [2.05, 4.69) is 13.8 Å². The third-order valence-corrected chi connectivity index (χ3v) is 10.9. The summed E-state index contributed by atoms with van der Waals surface area (Å²) in [5, 5.41) is 42.2. The molecule has 2 N–H and O–H groups in total. The molecule has 4 unspecified atom stereocenters. The van der Waals surface area contributed by atoms with E-state index in [1.165, 1.54) is 116 Å². The Hall–Kier alpha value is -1.21. The van der Waals surface area contributed by atoms with Gasteiger partial charge in [-0.05, 0) is 49.7 Å². The van der Waals surface area contributed by atoms with Gasteiger partial charge in [-0.25, -0.2) is 0 Å². The van der Waals surface area contributed by atoms with Gasteiger partial charge in [-0.2, -0.15) is 0 Å². The van der Waals surface area contributed by atoms with Crippen LogP contribution in [0.5, 0.6) is 0 Å². The largest absolute Gasteiger partial charge is 2.00 e. The van der Waals surface area contributed by atoms with Crippen LogP contribution in [0.15, 0.2) is 60.7 Å². The first-order valence-electron chi connectivity index (χ1n) is 23.3.